The van der Waals surface area contributed by atoms with Gasteiger partial charge in [-0.1, -0.05) is 20.3 Å². The van der Waals surface area contributed by atoms with Crippen LogP contribution in [0.25, 0.3) is 10.2 Å². The number of ether oxygens (including phenoxy) is 1. The number of nitrogens with zero attached hydrogens (tertiary/aromatic N) is 2. The maximum atomic E-state index is 5.95. The standard InChI is InChI=1S/C15H23N3OS/c1-5-7-10(3)9-19-13-12-8-11(4)20-14(12)18-15(17-13)16-6-2/h8,10H,5-7,9H2,1-4H3,(H,16,17,18). The molecule has 0 aliphatic heterocycles. The summed E-state index contributed by atoms with van der Waals surface area (Å²) < 4.78 is 5.95. The molecule has 1 unspecified atom stereocenters. The molecule has 0 aliphatic rings. The van der Waals surface area contributed by atoms with Crippen LogP contribution < -0.4 is 10.1 Å². The summed E-state index contributed by atoms with van der Waals surface area (Å²) in [6, 6.07) is 2.11. The zero-order valence-electron chi connectivity index (χ0n) is 12.7. The highest BCUT2D eigenvalue weighted by molar-refractivity contribution is 7.18. The van der Waals surface area contributed by atoms with E-state index in [1.165, 1.54) is 17.7 Å². The van der Waals surface area contributed by atoms with Gasteiger partial charge in [-0.2, -0.15) is 4.98 Å². The van der Waals surface area contributed by atoms with Gasteiger partial charge < -0.3 is 10.1 Å². The van der Waals surface area contributed by atoms with Crippen molar-refractivity contribution in [1.82, 2.24) is 9.97 Å². The van der Waals surface area contributed by atoms with Gasteiger partial charge in [-0.15, -0.1) is 11.3 Å². The number of hydrogen-bond donors (Lipinski definition) is 1. The van der Waals surface area contributed by atoms with Crippen molar-refractivity contribution in [3.8, 4) is 5.88 Å². The van der Waals surface area contributed by atoms with E-state index in [0.717, 1.165) is 16.8 Å². The fourth-order valence-electron chi connectivity index (χ4n) is 2.16. The maximum absolute atomic E-state index is 5.95. The van der Waals surface area contributed by atoms with Gasteiger partial charge in [-0.3, -0.25) is 0 Å². The number of fused-ring (bicyclic) bond motifs is 1. The number of nitrogens with one attached hydrogen (secondary N) is 1. The molecule has 2 heterocycles. The Morgan fingerprint density at radius 2 is 2.15 bits per heavy atom. The lowest BCUT2D eigenvalue weighted by Crippen LogP contribution is -2.10. The molecule has 0 spiro atoms. The van der Waals surface area contributed by atoms with Gasteiger partial charge in [-0.25, -0.2) is 4.98 Å². The molecule has 2 aromatic heterocycles. The van der Waals surface area contributed by atoms with Gasteiger partial charge in [0.05, 0.1) is 12.0 Å². The normalized spacial score (nSPS) is 12.6. The zero-order valence-corrected chi connectivity index (χ0v) is 13.5. The lowest BCUT2D eigenvalue weighted by Gasteiger charge is -2.12. The average Bonchev–Trinajstić information content (AvgIpc) is 2.77. The summed E-state index contributed by atoms with van der Waals surface area (Å²) in [5, 5.41) is 4.19. The van der Waals surface area contributed by atoms with Crippen LogP contribution in [0.4, 0.5) is 5.95 Å². The van der Waals surface area contributed by atoms with Gasteiger partial charge in [0.25, 0.3) is 0 Å². The van der Waals surface area contributed by atoms with Crippen molar-refractivity contribution in [3.05, 3.63) is 10.9 Å². The van der Waals surface area contributed by atoms with Crippen LogP contribution in [-0.4, -0.2) is 23.1 Å². The van der Waals surface area contributed by atoms with E-state index in [1.807, 2.05) is 6.92 Å². The van der Waals surface area contributed by atoms with Crippen molar-refractivity contribution in [1.29, 1.82) is 0 Å². The van der Waals surface area contributed by atoms with Crippen LogP contribution in [0.3, 0.4) is 0 Å². The van der Waals surface area contributed by atoms with Crippen molar-refractivity contribution in [2.75, 3.05) is 18.5 Å². The number of rotatable bonds is 7. The first-order valence-electron chi connectivity index (χ1n) is 7.28. The third kappa shape index (κ3) is 3.60. The van der Waals surface area contributed by atoms with Crippen molar-refractivity contribution in [2.24, 2.45) is 5.92 Å². The highest BCUT2D eigenvalue weighted by atomic mass is 32.1. The molecule has 0 saturated carbocycles. The smallest absolute Gasteiger partial charge is 0.227 e. The minimum absolute atomic E-state index is 0.548. The summed E-state index contributed by atoms with van der Waals surface area (Å²) in [5.41, 5.74) is 0. The Morgan fingerprint density at radius 3 is 2.85 bits per heavy atom. The quantitative estimate of drug-likeness (QED) is 0.829. The molecule has 2 rings (SSSR count). The summed E-state index contributed by atoms with van der Waals surface area (Å²) in [6.45, 7) is 10.1. The molecule has 0 saturated heterocycles. The average molecular weight is 293 g/mol. The second kappa shape index (κ2) is 6.88. The Kier molecular flexibility index (Phi) is 5.17. The predicted molar refractivity (Wildman–Crippen MR) is 85.9 cm³/mol. The van der Waals surface area contributed by atoms with E-state index in [9.17, 15) is 0 Å². The first-order chi connectivity index (χ1) is 9.63. The Labute approximate surface area is 124 Å². The Morgan fingerprint density at radius 1 is 1.35 bits per heavy atom. The molecule has 0 radical (unpaired) electrons. The van der Waals surface area contributed by atoms with Crippen LogP contribution in [0.15, 0.2) is 6.07 Å². The fourth-order valence-corrected chi connectivity index (χ4v) is 3.03. The third-order valence-corrected chi connectivity index (χ3v) is 4.05. The molecule has 5 heteroatoms. The fraction of sp³-hybridized carbons (Fsp3) is 0.600. The summed E-state index contributed by atoms with van der Waals surface area (Å²) in [6.07, 6.45) is 2.36. The van der Waals surface area contributed by atoms with Crippen molar-refractivity contribution >= 4 is 27.5 Å². The van der Waals surface area contributed by atoms with Crippen LogP contribution in [0, 0.1) is 12.8 Å². The number of aromatic nitrogens is 2. The van der Waals surface area contributed by atoms with E-state index >= 15 is 0 Å². The molecule has 0 aliphatic carbocycles. The zero-order chi connectivity index (χ0) is 14.5. The summed E-state index contributed by atoms with van der Waals surface area (Å²) in [5.74, 6) is 1.91. The van der Waals surface area contributed by atoms with Crippen molar-refractivity contribution in [3.63, 3.8) is 0 Å². The molecule has 1 atom stereocenters. The van der Waals surface area contributed by atoms with E-state index in [2.05, 4.69) is 42.1 Å². The minimum atomic E-state index is 0.548. The number of hydrogen-bond acceptors (Lipinski definition) is 5. The summed E-state index contributed by atoms with van der Waals surface area (Å²) >= 11 is 1.68. The van der Waals surface area contributed by atoms with Gasteiger partial charge in [0.15, 0.2) is 0 Å². The van der Waals surface area contributed by atoms with Gasteiger partial charge >= 0.3 is 0 Å². The lowest BCUT2D eigenvalue weighted by molar-refractivity contribution is 0.246. The molecule has 0 aromatic carbocycles. The number of anilines is 1. The largest absolute Gasteiger partial charge is 0.477 e. The van der Waals surface area contributed by atoms with E-state index < -0.39 is 0 Å². The Balaban J connectivity index is 2.24. The Hall–Kier alpha value is -1.36. The maximum Gasteiger partial charge on any atom is 0.227 e. The molecule has 0 bridgehead atoms. The van der Waals surface area contributed by atoms with Crippen LogP contribution in [-0.2, 0) is 0 Å². The molecule has 20 heavy (non-hydrogen) atoms. The first-order valence-corrected chi connectivity index (χ1v) is 8.10. The van der Waals surface area contributed by atoms with E-state index in [0.29, 0.717) is 24.4 Å². The van der Waals surface area contributed by atoms with E-state index in [-0.39, 0.29) is 0 Å². The van der Waals surface area contributed by atoms with Crippen LogP contribution in [0.2, 0.25) is 0 Å². The summed E-state index contributed by atoms with van der Waals surface area (Å²) in [7, 11) is 0. The second-order valence-electron chi connectivity index (χ2n) is 5.16. The second-order valence-corrected chi connectivity index (χ2v) is 6.40. The predicted octanol–water partition coefficient (Wildman–Crippen LogP) is 4.25. The molecule has 4 nitrogen and oxygen atoms in total. The SMILES string of the molecule is CCCC(C)COc1nc(NCC)nc2sc(C)cc12. The lowest BCUT2D eigenvalue weighted by atomic mass is 10.1. The highest BCUT2D eigenvalue weighted by Crippen LogP contribution is 2.31. The monoisotopic (exact) mass is 293 g/mol. The molecule has 0 amide bonds. The molecular weight excluding hydrogens is 270 g/mol. The van der Waals surface area contributed by atoms with E-state index in [1.54, 1.807) is 11.3 Å². The molecule has 1 N–H and O–H groups in total. The minimum Gasteiger partial charge on any atom is -0.477 e. The van der Waals surface area contributed by atoms with Crippen molar-refractivity contribution < 1.29 is 4.74 Å². The van der Waals surface area contributed by atoms with Crippen LogP contribution >= 0.6 is 11.3 Å². The number of thiophene rings is 1. The van der Waals surface area contributed by atoms with Crippen LogP contribution in [0.1, 0.15) is 38.5 Å². The van der Waals surface area contributed by atoms with Gasteiger partial charge in [-0.05, 0) is 32.3 Å². The van der Waals surface area contributed by atoms with Gasteiger partial charge in [0.1, 0.15) is 4.83 Å². The molecule has 2 aromatic rings. The third-order valence-electron chi connectivity index (χ3n) is 3.10. The van der Waals surface area contributed by atoms with Gasteiger partial charge in [0, 0.05) is 11.4 Å². The van der Waals surface area contributed by atoms with E-state index in [4.69, 9.17) is 4.74 Å². The highest BCUT2D eigenvalue weighted by Gasteiger charge is 2.12. The summed E-state index contributed by atoms with van der Waals surface area (Å²) in [4.78, 5) is 11.2. The van der Waals surface area contributed by atoms with Crippen molar-refractivity contribution in [2.45, 2.75) is 40.5 Å². The molecular formula is C15H23N3OS. The molecule has 110 valence electrons. The first kappa shape index (κ1) is 15.0. The number of aryl methyl sites for hydroxylation is 1. The topological polar surface area (TPSA) is 47.0 Å². The molecule has 0 fully saturated rings. The van der Waals surface area contributed by atoms with Gasteiger partial charge in [0.2, 0.25) is 11.8 Å². The van der Waals surface area contributed by atoms with Crippen LogP contribution in [0.5, 0.6) is 5.88 Å². The Bertz CT molecular complexity index is 567.